The fraction of sp³-hybridized carbons (Fsp3) is 0.571. The van der Waals surface area contributed by atoms with Crippen LogP contribution in [-0.2, 0) is 14.8 Å². The smallest absolute Gasteiger partial charge is 0.244 e. The van der Waals surface area contributed by atoms with Gasteiger partial charge in [0.15, 0.2) is 0 Å². The molecule has 1 aliphatic rings. The Bertz CT molecular complexity index is 581. The Labute approximate surface area is 125 Å². The van der Waals surface area contributed by atoms with E-state index in [9.17, 15) is 8.42 Å². The molecule has 0 spiro atoms. The number of benzene rings is 1. The van der Waals surface area contributed by atoms with Gasteiger partial charge in [0.25, 0.3) is 0 Å². The van der Waals surface area contributed by atoms with Crippen LogP contribution in [0.5, 0.6) is 11.5 Å². The molecule has 118 valence electrons. The standard InChI is InChI=1S/C14H21NO5S/c1-10(12-5-4-8-20-12)15-21(16,17)14-7-6-11(18-2)9-13(14)19-3/h6-7,9-10,12,15H,4-5,8H2,1-3H3/t10-,12+/m1/s1. The van der Waals surface area contributed by atoms with Gasteiger partial charge in [0.2, 0.25) is 10.0 Å². The van der Waals surface area contributed by atoms with E-state index < -0.39 is 10.0 Å². The Morgan fingerprint density at radius 3 is 2.67 bits per heavy atom. The van der Waals surface area contributed by atoms with Crippen molar-refractivity contribution in [3.63, 3.8) is 0 Å². The van der Waals surface area contributed by atoms with Crippen LogP contribution in [0.1, 0.15) is 19.8 Å². The zero-order chi connectivity index (χ0) is 15.5. The minimum absolute atomic E-state index is 0.0796. The molecule has 21 heavy (non-hydrogen) atoms. The topological polar surface area (TPSA) is 73.9 Å². The van der Waals surface area contributed by atoms with Gasteiger partial charge in [0.1, 0.15) is 16.4 Å². The van der Waals surface area contributed by atoms with E-state index in [4.69, 9.17) is 14.2 Å². The van der Waals surface area contributed by atoms with Crippen molar-refractivity contribution in [3.8, 4) is 11.5 Å². The summed E-state index contributed by atoms with van der Waals surface area (Å²) >= 11 is 0. The number of ether oxygens (including phenoxy) is 3. The first kappa shape index (κ1) is 16.1. The molecule has 1 fully saturated rings. The van der Waals surface area contributed by atoms with Crippen LogP contribution >= 0.6 is 0 Å². The molecule has 0 radical (unpaired) electrons. The summed E-state index contributed by atoms with van der Waals surface area (Å²) in [5.74, 6) is 0.791. The lowest BCUT2D eigenvalue weighted by Gasteiger charge is -2.20. The molecule has 0 bridgehead atoms. The van der Waals surface area contributed by atoms with E-state index in [1.165, 1.54) is 20.3 Å². The molecule has 2 atom stereocenters. The normalized spacial score (nSPS) is 20.2. The second kappa shape index (κ2) is 6.64. The van der Waals surface area contributed by atoms with Crippen molar-refractivity contribution in [2.45, 2.75) is 36.8 Å². The van der Waals surface area contributed by atoms with Crippen molar-refractivity contribution in [3.05, 3.63) is 18.2 Å². The van der Waals surface area contributed by atoms with Crippen LogP contribution in [0.2, 0.25) is 0 Å². The lowest BCUT2D eigenvalue weighted by atomic mass is 10.1. The first-order valence-electron chi connectivity index (χ1n) is 6.84. The molecule has 0 saturated carbocycles. The third-order valence-electron chi connectivity index (χ3n) is 3.52. The molecule has 1 heterocycles. The molecule has 0 aromatic heterocycles. The van der Waals surface area contributed by atoms with E-state index >= 15 is 0 Å². The summed E-state index contributed by atoms with van der Waals surface area (Å²) in [6, 6.07) is 4.32. The largest absolute Gasteiger partial charge is 0.497 e. The molecule has 1 aromatic rings. The van der Waals surface area contributed by atoms with Gasteiger partial charge in [-0.3, -0.25) is 0 Å². The predicted molar refractivity (Wildman–Crippen MR) is 78.3 cm³/mol. The Balaban J connectivity index is 2.22. The van der Waals surface area contributed by atoms with Gasteiger partial charge in [0, 0.05) is 18.7 Å². The van der Waals surface area contributed by atoms with E-state index in [0.717, 1.165) is 12.8 Å². The zero-order valence-electron chi connectivity index (χ0n) is 12.5. The van der Waals surface area contributed by atoms with Gasteiger partial charge in [-0.15, -0.1) is 0 Å². The Morgan fingerprint density at radius 2 is 2.10 bits per heavy atom. The second-order valence-corrected chi connectivity index (χ2v) is 6.66. The van der Waals surface area contributed by atoms with Crippen LogP contribution in [0.4, 0.5) is 0 Å². The van der Waals surface area contributed by atoms with Crippen LogP contribution in [-0.4, -0.2) is 41.4 Å². The summed E-state index contributed by atoms with van der Waals surface area (Å²) < 4.78 is 43.4. The first-order chi connectivity index (χ1) is 9.97. The van der Waals surface area contributed by atoms with E-state index in [-0.39, 0.29) is 22.8 Å². The maximum atomic E-state index is 12.5. The van der Waals surface area contributed by atoms with Crippen molar-refractivity contribution in [1.82, 2.24) is 4.72 Å². The molecule has 2 rings (SSSR count). The molecule has 6 nitrogen and oxygen atoms in total. The van der Waals surface area contributed by atoms with Gasteiger partial charge < -0.3 is 14.2 Å². The van der Waals surface area contributed by atoms with Crippen molar-refractivity contribution in [2.24, 2.45) is 0 Å². The van der Waals surface area contributed by atoms with Gasteiger partial charge in [-0.25, -0.2) is 13.1 Å². The minimum atomic E-state index is -3.68. The van der Waals surface area contributed by atoms with Gasteiger partial charge >= 0.3 is 0 Å². The highest BCUT2D eigenvalue weighted by molar-refractivity contribution is 7.89. The fourth-order valence-corrected chi connectivity index (χ4v) is 3.80. The summed E-state index contributed by atoms with van der Waals surface area (Å²) in [6.45, 7) is 2.49. The lowest BCUT2D eigenvalue weighted by molar-refractivity contribution is 0.0902. The summed E-state index contributed by atoms with van der Waals surface area (Å²) in [7, 11) is -0.733. The molecule has 0 aliphatic carbocycles. The number of rotatable bonds is 6. The summed E-state index contributed by atoms with van der Waals surface area (Å²) in [6.07, 6.45) is 1.75. The van der Waals surface area contributed by atoms with Crippen molar-refractivity contribution < 1.29 is 22.6 Å². The van der Waals surface area contributed by atoms with E-state index in [2.05, 4.69) is 4.72 Å². The summed E-state index contributed by atoms with van der Waals surface area (Å²) in [4.78, 5) is 0.0932. The maximum absolute atomic E-state index is 12.5. The number of hydrogen-bond acceptors (Lipinski definition) is 5. The SMILES string of the molecule is COc1ccc(S(=O)(=O)N[C@H](C)[C@@H]2CCCO2)c(OC)c1. The van der Waals surface area contributed by atoms with Gasteiger partial charge in [0.05, 0.1) is 20.3 Å². The number of nitrogens with one attached hydrogen (secondary N) is 1. The number of methoxy groups -OCH3 is 2. The number of hydrogen-bond donors (Lipinski definition) is 1. The van der Waals surface area contributed by atoms with Crippen LogP contribution in [0.15, 0.2) is 23.1 Å². The highest BCUT2D eigenvalue weighted by atomic mass is 32.2. The zero-order valence-corrected chi connectivity index (χ0v) is 13.3. The molecule has 0 unspecified atom stereocenters. The Hall–Kier alpha value is -1.31. The van der Waals surface area contributed by atoms with Crippen molar-refractivity contribution >= 4 is 10.0 Å². The maximum Gasteiger partial charge on any atom is 0.244 e. The third kappa shape index (κ3) is 3.66. The highest BCUT2D eigenvalue weighted by Crippen LogP contribution is 2.29. The van der Waals surface area contributed by atoms with Crippen LogP contribution < -0.4 is 14.2 Å². The molecular weight excluding hydrogens is 294 g/mol. The Morgan fingerprint density at radius 1 is 1.33 bits per heavy atom. The molecule has 1 aliphatic heterocycles. The molecule has 1 saturated heterocycles. The monoisotopic (exact) mass is 315 g/mol. The average molecular weight is 315 g/mol. The fourth-order valence-electron chi connectivity index (χ4n) is 2.38. The molecular formula is C14H21NO5S. The van der Waals surface area contributed by atoms with E-state index in [0.29, 0.717) is 12.4 Å². The quantitative estimate of drug-likeness (QED) is 0.862. The van der Waals surface area contributed by atoms with E-state index in [1.807, 2.05) is 6.92 Å². The van der Waals surface area contributed by atoms with Gasteiger partial charge in [-0.1, -0.05) is 0 Å². The predicted octanol–water partition coefficient (Wildman–Crippen LogP) is 1.55. The first-order valence-corrected chi connectivity index (χ1v) is 8.32. The lowest BCUT2D eigenvalue weighted by Crippen LogP contribution is -2.40. The minimum Gasteiger partial charge on any atom is -0.497 e. The molecule has 0 amide bonds. The highest BCUT2D eigenvalue weighted by Gasteiger charge is 2.28. The van der Waals surface area contributed by atoms with Crippen molar-refractivity contribution in [2.75, 3.05) is 20.8 Å². The van der Waals surface area contributed by atoms with E-state index in [1.54, 1.807) is 12.1 Å². The van der Waals surface area contributed by atoms with Crippen LogP contribution in [0.25, 0.3) is 0 Å². The summed E-state index contributed by atoms with van der Waals surface area (Å²) in [5, 5.41) is 0. The third-order valence-corrected chi connectivity index (χ3v) is 5.12. The Kier molecular flexibility index (Phi) is 5.08. The van der Waals surface area contributed by atoms with Crippen LogP contribution in [0.3, 0.4) is 0 Å². The molecule has 7 heteroatoms. The molecule has 1 N–H and O–H groups in total. The summed E-state index contributed by atoms with van der Waals surface area (Å²) in [5.41, 5.74) is 0. The van der Waals surface area contributed by atoms with Gasteiger partial charge in [-0.2, -0.15) is 0 Å². The van der Waals surface area contributed by atoms with Crippen LogP contribution in [0, 0.1) is 0 Å². The second-order valence-electron chi connectivity index (χ2n) is 4.98. The average Bonchev–Trinajstić information content (AvgIpc) is 3.00. The van der Waals surface area contributed by atoms with Gasteiger partial charge in [-0.05, 0) is 31.9 Å². The van der Waals surface area contributed by atoms with Crippen molar-refractivity contribution in [1.29, 1.82) is 0 Å². The number of sulfonamides is 1. The molecule has 1 aromatic carbocycles.